The molecule has 0 radical (unpaired) electrons. The third-order valence-electron chi connectivity index (χ3n) is 2.51. The van der Waals surface area contributed by atoms with Gasteiger partial charge in [0.15, 0.2) is 0 Å². The van der Waals surface area contributed by atoms with Crippen molar-refractivity contribution in [3.05, 3.63) is 41.7 Å². The number of rotatable bonds is 3. The Morgan fingerprint density at radius 2 is 1.71 bits per heavy atom. The molecule has 0 amide bonds. The van der Waals surface area contributed by atoms with E-state index < -0.39 is 0 Å². The minimum Gasteiger partial charge on any atom is -0.344 e. The van der Waals surface area contributed by atoms with Crippen LogP contribution in [0, 0.1) is 6.92 Å². The van der Waals surface area contributed by atoms with Crippen molar-refractivity contribution in [3.8, 4) is 0 Å². The highest BCUT2D eigenvalue weighted by atomic mass is 15.0. The molecule has 0 bridgehead atoms. The maximum Gasteiger partial charge on any atom is 0.0479 e. The van der Waals surface area contributed by atoms with Crippen LogP contribution in [0.2, 0.25) is 0 Å². The summed E-state index contributed by atoms with van der Waals surface area (Å²) in [6.45, 7) is 11.8. The number of allylic oxidation sites excluding steroid dienone is 1. The first-order chi connectivity index (χ1) is 6.67. The van der Waals surface area contributed by atoms with Crippen molar-refractivity contribution >= 4 is 18.2 Å². The Bertz CT molecular complexity index is 392. The molecule has 0 spiro atoms. The van der Waals surface area contributed by atoms with Crippen LogP contribution in [0.25, 0.3) is 18.2 Å². The monoisotopic (exact) mass is 187 g/mol. The quantitative estimate of drug-likeness (QED) is 0.680. The lowest BCUT2D eigenvalue weighted by atomic mass is 10.1. The largest absolute Gasteiger partial charge is 0.344 e. The molecule has 0 fully saturated rings. The Morgan fingerprint density at radius 1 is 1.14 bits per heavy atom. The van der Waals surface area contributed by atoms with Crippen LogP contribution in [-0.4, -0.2) is 4.57 Å². The highest BCUT2D eigenvalue weighted by Crippen LogP contribution is 2.24. The molecule has 1 heteroatoms. The summed E-state index contributed by atoms with van der Waals surface area (Å²) in [6.07, 6.45) is 7.92. The summed E-state index contributed by atoms with van der Waals surface area (Å²) in [6, 6.07) is 0. The average molecular weight is 187 g/mol. The fourth-order valence-corrected chi connectivity index (χ4v) is 1.81. The van der Waals surface area contributed by atoms with Gasteiger partial charge in [-0.05, 0) is 31.6 Å². The van der Waals surface area contributed by atoms with Crippen LogP contribution in [0.3, 0.4) is 0 Å². The molecular formula is C13H17N. The summed E-state index contributed by atoms with van der Waals surface area (Å²) < 4.78 is 2.12. The third-order valence-corrected chi connectivity index (χ3v) is 2.51. The molecule has 1 rings (SSSR count). The van der Waals surface area contributed by atoms with Gasteiger partial charge >= 0.3 is 0 Å². The van der Waals surface area contributed by atoms with Gasteiger partial charge in [-0.15, -0.1) is 0 Å². The Kier molecular flexibility index (Phi) is 3.13. The smallest absolute Gasteiger partial charge is 0.0479 e. The summed E-state index contributed by atoms with van der Waals surface area (Å²) >= 11 is 0. The maximum absolute atomic E-state index is 3.83. The predicted molar refractivity (Wildman–Crippen MR) is 65.0 cm³/mol. The van der Waals surface area contributed by atoms with Crippen molar-refractivity contribution in [2.24, 2.45) is 7.05 Å². The first kappa shape index (κ1) is 10.6. The van der Waals surface area contributed by atoms with Crippen molar-refractivity contribution in [1.82, 2.24) is 4.57 Å². The zero-order chi connectivity index (χ0) is 10.7. The molecule has 0 unspecified atom stereocenters. The van der Waals surface area contributed by atoms with Gasteiger partial charge in [0, 0.05) is 24.0 Å². The second-order valence-corrected chi connectivity index (χ2v) is 3.28. The summed E-state index contributed by atoms with van der Waals surface area (Å²) in [7, 11) is 2.04. The average Bonchev–Trinajstić information content (AvgIpc) is 2.39. The molecule has 0 aliphatic heterocycles. The molecular weight excluding hydrogens is 170 g/mol. The van der Waals surface area contributed by atoms with Crippen molar-refractivity contribution in [3.63, 3.8) is 0 Å². The van der Waals surface area contributed by atoms with Gasteiger partial charge in [-0.3, -0.25) is 0 Å². The van der Waals surface area contributed by atoms with Gasteiger partial charge in [-0.25, -0.2) is 0 Å². The van der Waals surface area contributed by atoms with Crippen molar-refractivity contribution in [2.45, 2.75) is 13.8 Å². The molecule has 0 aliphatic rings. The second kappa shape index (κ2) is 4.14. The van der Waals surface area contributed by atoms with E-state index in [4.69, 9.17) is 0 Å². The van der Waals surface area contributed by atoms with Gasteiger partial charge in [0.25, 0.3) is 0 Å². The van der Waals surface area contributed by atoms with Gasteiger partial charge in [0.1, 0.15) is 0 Å². The van der Waals surface area contributed by atoms with E-state index >= 15 is 0 Å². The molecule has 0 N–H and O–H groups in total. The van der Waals surface area contributed by atoms with Crippen molar-refractivity contribution < 1.29 is 0 Å². The second-order valence-electron chi connectivity index (χ2n) is 3.28. The Labute approximate surface area is 86.1 Å². The third kappa shape index (κ3) is 1.46. The van der Waals surface area contributed by atoms with Crippen molar-refractivity contribution in [1.29, 1.82) is 0 Å². The Hall–Kier alpha value is -1.50. The molecule has 0 aliphatic carbocycles. The molecule has 0 saturated heterocycles. The molecule has 0 aromatic carbocycles. The molecule has 74 valence electrons. The topological polar surface area (TPSA) is 4.93 Å². The van der Waals surface area contributed by atoms with E-state index in [-0.39, 0.29) is 0 Å². The molecule has 1 nitrogen and oxygen atoms in total. The Balaban J connectivity index is 3.54. The number of hydrogen-bond acceptors (Lipinski definition) is 0. The van der Waals surface area contributed by atoms with Crippen LogP contribution in [0.1, 0.15) is 29.4 Å². The number of nitrogens with zero attached hydrogens (tertiary/aromatic N) is 1. The van der Waals surface area contributed by atoms with Crippen LogP contribution in [0.15, 0.2) is 19.2 Å². The highest BCUT2D eigenvalue weighted by molar-refractivity contribution is 5.71. The molecule has 1 aromatic heterocycles. The van der Waals surface area contributed by atoms with Gasteiger partial charge in [-0.1, -0.05) is 25.3 Å². The SMILES string of the molecule is C=Cc1c(C)c(/C=C\C)c(C=C)n1C. The molecule has 1 heterocycles. The van der Waals surface area contributed by atoms with Gasteiger partial charge in [0.05, 0.1) is 0 Å². The van der Waals surface area contributed by atoms with E-state index in [1.807, 2.05) is 32.2 Å². The molecule has 0 atom stereocenters. The standard InChI is InChI=1S/C13H17N/c1-6-9-11-10(4)12(7-2)14(5)13(11)8-3/h6-9H,2-3H2,1,4-5H3/b9-6-. The van der Waals surface area contributed by atoms with Gasteiger partial charge < -0.3 is 4.57 Å². The fourth-order valence-electron chi connectivity index (χ4n) is 1.81. The summed E-state index contributed by atoms with van der Waals surface area (Å²) in [4.78, 5) is 0. The maximum atomic E-state index is 3.83. The lowest BCUT2D eigenvalue weighted by Gasteiger charge is -2.00. The molecule has 1 aromatic rings. The first-order valence-electron chi connectivity index (χ1n) is 4.74. The zero-order valence-corrected chi connectivity index (χ0v) is 9.17. The van der Waals surface area contributed by atoms with Crippen LogP contribution in [0.5, 0.6) is 0 Å². The predicted octanol–water partition coefficient (Wildman–Crippen LogP) is 3.65. The summed E-state index contributed by atoms with van der Waals surface area (Å²) in [5, 5.41) is 0. The van der Waals surface area contributed by atoms with E-state index in [9.17, 15) is 0 Å². The van der Waals surface area contributed by atoms with E-state index in [0.717, 1.165) is 11.4 Å². The van der Waals surface area contributed by atoms with Crippen LogP contribution < -0.4 is 0 Å². The van der Waals surface area contributed by atoms with Gasteiger partial charge in [0.2, 0.25) is 0 Å². The van der Waals surface area contributed by atoms with Crippen LogP contribution in [-0.2, 0) is 7.05 Å². The van der Waals surface area contributed by atoms with Crippen LogP contribution in [0.4, 0.5) is 0 Å². The minimum atomic E-state index is 1.15. The Morgan fingerprint density at radius 3 is 2.14 bits per heavy atom. The lowest BCUT2D eigenvalue weighted by molar-refractivity contribution is 0.899. The van der Waals surface area contributed by atoms with E-state index in [1.54, 1.807) is 0 Å². The van der Waals surface area contributed by atoms with Crippen LogP contribution >= 0.6 is 0 Å². The van der Waals surface area contributed by atoms with E-state index in [1.165, 1.54) is 11.1 Å². The highest BCUT2D eigenvalue weighted by Gasteiger charge is 2.10. The summed E-state index contributed by atoms with van der Waals surface area (Å²) in [5.41, 5.74) is 4.80. The first-order valence-corrected chi connectivity index (χ1v) is 4.74. The lowest BCUT2D eigenvalue weighted by Crippen LogP contribution is -1.93. The number of hydrogen-bond donors (Lipinski definition) is 0. The fraction of sp³-hybridized carbons (Fsp3) is 0.231. The zero-order valence-electron chi connectivity index (χ0n) is 9.17. The minimum absolute atomic E-state index is 1.15. The van der Waals surface area contributed by atoms with E-state index in [0.29, 0.717) is 0 Å². The summed E-state index contributed by atoms with van der Waals surface area (Å²) in [5.74, 6) is 0. The normalized spacial score (nSPS) is 10.8. The van der Waals surface area contributed by atoms with Gasteiger partial charge in [-0.2, -0.15) is 0 Å². The number of aromatic nitrogens is 1. The molecule has 14 heavy (non-hydrogen) atoms. The van der Waals surface area contributed by atoms with E-state index in [2.05, 4.69) is 30.7 Å². The molecule has 0 saturated carbocycles. The van der Waals surface area contributed by atoms with Crippen molar-refractivity contribution in [2.75, 3.05) is 0 Å².